The zero-order valence-corrected chi connectivity index (χ0v) is 17.4. The molecular formula is C21H24N2O5S. The minimum atomic E-state index is -3.10. The fourth-order valence-corrected chi connectivity index (χ4v) is 5.87. The summed E-state index contributed by atoms with van der Waals surface area (Å²) in [7, 11) is -3.10. The first-order valence-electron chi connectivity index (χ1n) is 9.81. The van der Waals surface area contributed by atoms with Crippen molar-refractivity contribution < 1.29 is 22.7 Å². The quantitative estimate of drug-likeness (QED) is 0.694. The molecule has 29 heavy (non-hydrogen) atoms. The summed E-state index contributed by atoms with van der Waals surface area (Å²) in [6.45, 7) is 3.20. The smallest absolute Gasteiger partial charge is 0.340 e. The van der Waals surface area contributed by atoms with E-state index in [-0.39, 0.29) is 29.5 Å². The molecule has 7 nitrogen and oxygen atoms in total. The molecule has 1 saturated carbocycles. The molecule has 0 unspecified atom stereocenters. The van der Waals surface area contributed by atoms with E-state index in [0.29, 0.717) is 17.7 Å². The van der Waals surface area contributed by atoms with E-state index < -0.39 is 22.4 Å². The summed E-state index contributed by atoms with van der Waals surface area (Å²) < 4.78 is 29.0. The number of hydrogen-bond donors (Lipinski definition) is 0. The molecule has 2 aromatic rings. The number of ether oxygens (including phenoxy) is 1. The molecule has 0 bridgehead atoms. The second-order valence-corrected chi connectivity index (χ2v) is 10.1. The van der Waals surface area contributed by atoms with Crippen LogP contribution in [0.5, 0.6) is 0 Å². The first kappa shape index (κ1) is 19.8. The summed E-state index contributed by atoms with van der Waals surface area (Å²) in [4.78, 5) is 31.6. The van der Waals surface area contributed by atoms with Gasteiger partial charge in [-0.15, -0.1) is 0 Å². The van der Waals surface area contributed by atoms with Gasteiger partial charge in [0.25, 0.3) is 5.91 Å². The Morgan fingerprint density at radius 1 is 1.14 bits per heavy atom. The number of esters is 1. The highest BCUT2D eigenvalue weighted by Gasteiger charge is 2.42. The molecule has 2 heterocycles. The number of hydrogen-bond acceptors (Lipinski definition) is 6. The van der Waals surface area contributed by atoms with E-state index in [0.717, 1.165) is 29.3 Å². The van der Waals surface area contributed by atoms with Crippen LogP contribution in [0.1, 0.15) is 40.9 Å². The first-order valence-corrected chi connectivity index (χ1v) is 11.6. The number of sulfone groups is 1. The number of rotatable bonds is 5. The SMILES string of the molecule is Cc1nc2ccccc2c(C)c1C(=O)OCC(=O)N(C1CC1)[C@H]1CCS(=O)(=O)C1. The Labute approximate surface area is 170 Å². The lowest BCUT2D eigenvalue weighted by atomic mass is 10.0. The molecule has 2 aliphatic rings. The Kier molecular flexibility index (Phi) is 5.06. The Balaban J connectivity index is 1.49. The van der Waals surface area contributed by atoms with Gasteiger partial charge in [-0.3, -0.25) is 9.78 Å². The van der Waals surface area contributed by atoms with Crippen LogP contribution in [0.15, 0.2) is 24.3 Å². The van der Waals surface area contributed by atoms with E-state index in [1.165, 1.54) is 0 Å². The van der Waals surface area contributed by atoms with Gasteiger partial charge in [-0.25, -0.2) is 13.2 Å². The van der Waals surface area contributed by atoms with Gasteiger partial charge in [0.15, 0.2) is 16.4 Å². The average molecular weight is 416 g/mol. The summed E-state index contributed by atoms with van der Waals surface area (Å²) >= 11 is 0. The van der Waals surface area contributed by atoms with Crippen molar-refractivity contribution in [2.24, 2.45) is 0 Å². The van der Waals surface area contributed by atoms with Crippen LogP contribution in [0.4, 0.5) is 0 Å². The number of pyridine rings is 1. The van der Waals surface area contributed by atoms with Crippen molar-refractivity contribution in [3.8, 4) is 0 Å². The summed E-state index contributed by atoms with van der Waals surface area (Å²) in [5.74, 6) is -0.807. The maximum atomic E-state index is 12.8. The van der Waals surface area contributed by atoms with Gasteiger partial charge in [0, 0.05) is 17.5 Å². The minimum absolute atomic E-state index is 0.00397. The molecule has 1 aromatic carbocycles. The molecule has 4 rings (SSSR count). The van der Waals surface area contributed by atoms with Gasteiger partial charge in [-0.2, -0.15) is 0 Å². The van der Waals surface area contributed by atoms with E-state index >= 15 is 0 Å². The standard InChI is InChI=1S/C21H24N2O5S/c1-13-17-5-3-4-6-18(17)22-14(2)20(13)21(25)28-11-19(24)23(15-7-8-15)16-9-10-29(26,27)12-16/h3-6,15-16H,7-12H2,1-2H3/t16-/m0/s1. The van der Waals surface area contributed by atoms with Crippen molar-refractivity contribution in [2.75, 3.05) is 18.1 Å². The van der Waals surface area contributed by atoms with Crippen LogP contribution in [0.2, 0.25) is 0 Å². The molecule has 154 valence electrons. The Morgan fingerprint density at radius 2 is 1.86 bits per heavy atom. The largest absolute Gasteiger partial charge is 0.452 e. The highest BCUT2D eigenvalue weighted by Crippen LogP contribution is 2.32. The second-order valence-electron chi connectivity index (χ2n) is 7.88. The monoisotopic (exact) mass is 416 g/mol. The maximum Gasteiger partial charge on any atom is 0.340 e. The van der Waals surface area contributed by atoms with E-state index in [4.69, 9.17) is 4.74 Å². The number of carbonyl (C=O) groups excluding carboxylic acids is 2. The number of aromatic nitrogens is 1. The first-order chi connectivity index (χ1) is 13.8. The van der Waals surface area contributed by atoms with Crippen LogP contribution < -0.4 is 0 Å². The molecular weight excluding hydrogens is 392 g/mol. The summed E-state index contributed by atoms with van der Waals surface area (Å²) in [5, 5.41) is 0.868. The number of fused-ring (bicyclic) bond motifs is 1. The van der Waals surface area contributed by atoms with Crippen LogP contribution in [0.25, 0.3) is 10.9 Å². The van der Waals surface area contributed by atoms with Gasteiger partial charge in [0.2, 0.25) is 0 Å². The number of nitrogens with zero attached hydrogens (tertiary/aromatic N) is 2. The number of aryl methyl sites for hydroxylation is 2. The van der Waals surface area contributed by atoms with Gasteiger partial charge in [-0.05, 0) is 44.7 Å². The Hall–Kier alpha value is -2.48. The van der Waals surface area contributed by atoms with Crippen molar-refractivity contribution in [1.82, 2.24) is 9.88 Å². The van der Waals surface area contributed by atoms with Crippen molar-refractivity contribution in [3.05, 3.63) is 41.1 Å². The predicted molar refractivity (Wildman–Crippen MR) is 108 cm³/mol. The van der Waals surface area contributed by atoms with Gasteiger partial charge in [0.05, 0.1) is 28.3 Å². The molecule has 1 aliphatic heterocycles. The predicted octanol–water partition coefficient (Wildman–Crippen LogP) is 2.19. The van der Waals surface area contributed by atoms with E-state index in [1.54, 1.807) is 11.8 Å². The molecule has 1 atom stereocenters. The molecule has 1 aromatic heterocycles. The third kappa shape index (κ3) is 3.99. The lowest BCUT2D eigenvalue weighted by Gasteiger charge is -2.28. The third-order valence-electron chi connectivity index (χ3n) is 5.69. The van der Waals surface area contributed by atoms with Gasteiger partial charge in [-0.1, -0.05) is 18.2 Å². The minimum Gasteiger partial charge on any atom is -0.452 e. The average Bonchev–Trinajstić information content (AvgIpc) is 3.43. The van der Waals surface area contributed by atoms with E-state index in [2.05, 4.69) is 4.98 Å². The lowest BCUT2D eigenvalue weighted by Crippen LogP contribution is -2.44. The molecule has 0 spiro atoms. The molecule has 1 aliphatic carbocycles. The normalized spacial score (nSPS) is 20.6. The summed E-state index contributed by atoms with van der Waals surface area (Å²) in [5.41, 5.74) is 2.50. The van der Waals surface area contributed by atoms with Crippen LogP contribution in [0.3, 0.4) is 0 Å². The van der Waals surface area contributed by atoms with Gasteiger partial charge in [0.1, 0.15) is 0 Å². The lowest BCUT2D eigenvalue weighted by molar-refractivity contribution is -0.137. The van der Waals surface area contributed by atoms with Crippen molar-refractivity contribution >= 4 is 32.6 Å². The maximum absolute atomic E-state index is 12.8. The second kappa shape index (κ2) is 7.40. The van der Waals surface area contributed by atoms with Crippen LogP contribution in [-0.4, -0.2) is 60.4 Å². The molecule has 0 N–H and O–H groups in total. The topological polar surface area (TPSA) is 93.6 Å². The van der Waals surface area contributed by atoms with Gasteiger partial charge < -0.3 is 9.64 Å². The zero-order valence-electron chi connectivity index (χ0n) is 16.6. The highest BCUT2D eigenvalue weighted by molar-refractivity contribution is 7.91. The summed E-state index contributed by atoms with van der Waals surface area (Å²) in [6.07, 6.45) is 2.18. The van der Waals surface area contributed by atoms with Crippen molar-refractivity contribution in [2.45, 2.75) is 45.2 Å². The Bertz CT molecular complexity index is 1090. The Morgan fingerprint density at radius 3 is 2.52 bits per heavy atom. The molecule has 0 radical (unpaired) electrons. The number of para-hydroxylation sites is 1. The van der Waals surface area contributed by atoms with Crippen LogP contribution in [0, 0.1) is 13.8 Å². The van der Waals surface area contributed by atoms with E-state index in [1.807, 2.05) is 31.2 Å². The van der Waals surface area contributed by atoms with Crippen LogP contribution in [-0.2, 0) is 19.4 Å². The zero-order chi connectivity index (χ0) is 20.8. The van der Waals surface area contributed by atoms with Crippen molar-refractivity contribution in [3.63, 3.8) is 0 Å². The fourth-order valence-electron chi connectivity index (χ4n) is 4.16. The van der Waals surface area contributed by atoms with Crippen molar-refractivity contribution in [1.29, 1.82) is 0 Å². The fraction of sp³-hybridized carbons (Fsp3) is 0.476. The number of amides is 1. The number of benzene rings is 1. The molecule has 8 heteroatoms. The van der Waals surface area contributed by atoms with E-state index in [9.17, 15) is 18.0 Å². The van der Waals surface area contributed by atoms with Gasteiger partial charge >= 0.3 is 5.97 Å². The highest BCUT2D eigenvalue weighted by atomic mass is 32.2. The van der Waals surface area contributed by atoms with Crippen LogP contribution >= 0.6 is 0 Å². The molecule has 1 saturated heterocycles. The molecule has 1 amide bonds. The molecule has 2 fully saturated rings. The third-order valence-corrected chi connectivity index (χ3v) is 7.44. The summed E-state index contributed by atoms with van der Waals surface area (Å²) in [6, 6.07) is 7.30. The number of carbonyl (C=O) groups is 2.